The van der Waals surface area contributed by atoms with Gasteiger partial charge in [-0.15, -0.1) is 0 Å². The van der Waals surface area contributed by atoms with Gasteiger partial charge >= 0.3 is 5.97 Å². The summed E-state index contributed by atoms with van der Waals surface area (Å²) in [5.74, 6) is -0.313. The lowest BCUT2D eigenvalue weighted by Crippen LogP contribution is -2.27. The molecule has 0 aliphatic heterocycles. The van der Waals surface area contributed by atoms with E-state index in [9.17, 15) is 4.79 Å². The maximum atomic E-state index is 11.9. The van der Waals surface area contributed by atoms with Crippen LogP contribution in [0.5, 0.6) is 0 Å². The van der Waals surface area contributed by atoms with E-state index < -0.39 is 6.62 Å². The number of halogens is 1. The maximum Gasteiger partial charge on any atom is 0.338 e. The summed E-state index contributed by atoms with van der Waals surface area (Å²) < 4.78 is 5.06. The first kappa shape index (κ1) is 17.7. The molecule has 0 fully saturated rings. The van der Waals surface area contributed by atoms with Crippen LogP contribution >= 0.6 is 17.9 Å². The zero-order valence-corrected chi connectivity index (χ0v) is 15.6. The summed E-state index contributed by atoms with van der Waals surface area (Å²) in [6.07, 6.45) is 0. The molecule has 0 bridgehead atoms. The van der Waals surface area contributed by atoms with Gasteiger partial charge in [0.15, 0.2) is 0 Å². The van der Waals surface area contributed by atoms with Crippen LogP contribution in [0.25, 0.3) is 0 Å². The minimum Gasteiger partial charge on any atom is -0.462 e. The summed E-state index contributed by atoms with van der Waals surface area (Å²) in [6.45, 7) is -0.112. The normalized spacial score (nSPS) is 11.1. The predicted octanol–water partition coefficient (Wildman–Crippen LogP) is 4.31. The van der Waals surface area contributed by atoms with Crippen molar-refractivity contribution < 1.29 is 9.53 Å². The molecule has 0 unspecified atom stereocenters. The molecular weight excluding hydrogens is 351 g/mol. The van der Waals surface area contributed by atoms with Crippen LogP contribution in [0.1, 0.15) is 17.3 Å². The van der Waals surface area contributed by atoms with Crippen molar-refractivity contribution in [3.63, 3.8) is 0 Å². The molecular formula is C21H19ClO2P+. The second-order valence-corrected chi connectivity index (χ2v) is 9.78. The monoisotopic (exact) mass is 369 g/mol. The Hall–Kier alpha value is -2.15. The number of esters is 1. The number of rotatable bonds is 5. The van der Waals surface area contributed by atoms with Gasteiger partial charge in [-0.3, -0.25) is 0 Å². The smallest absolute Gasteiger partial charge is 0.338 e. The van der Waals surface area contributed by atoms with Gasteiger partial charge in [0.25, 0.3) is 0 Å². The van der Waals surface area contributed by atoms with Crippen LogP contribution < -0.4 is 15.9 Å². The number of hydrogen-bond acceptors (Lipinski definition) is 2. The van der Waals surface area contributed by atoms with Crippen LogP contribution in [-0.4, -0.2) is 12.6 Å². The first-order valence-electron chi connectivity index (χ1n) is 8.14. The standard InChI is InChI=1S/C21H19ClO2P/c1-2-24-21(23)17-13-15-20(16-14-17)25(22,18-9-5-3-6-10-18)19-11-7-4-8-12-19/h3-16H,2H2,1H3/q+1. The predicted molar refractivity (Wildman–Crippen MR) is 107 cm³/mol. The third-order valence-electron chi connectivity index (χ3n) is 3.96. The van der Waals surface area contributed by atoms with E-state index in [1.165, 1.54) is 0 Å². The van der Waals surface area contributed by atoms with E-state index in [4.69, 9.17) is 16.0 Å². The van der Waals surface area contributed by atoms with Gasteiger partial charge < -0.3 is 4.74 Å². The Morgan fingerprint density at radius 1 is 0.800 bits per heavy atom. The first-order chi connectivity index (χ1) is 12.2. The lowest BCUT2D eigenvalue weighted by molar-refractivity contribution is 0.0526. The van der Waals surface area contributed by atoms with Crippen LogP contribution in [0.4, 0.5) is 0 Å². The largest absolute Gasteiger partial charge is 0.462 e. The molecule has 3 aromatic carbocycles. The zero-order chi connectivity index (χ0) is 17.7. The summed E-state index contributed by atoms with van der Waals surface area (Å²) in [6, 6.07) is 27.7. The zero-order valence-electron chi connectivity index (χ0n) is 13.9. The molecule has 3 rings (SSSR count). The fourth-order valence-electron chi connectivity index (χ4n) is 2.73. The highest BCUT2D eigenvalue weighted by atomic mass is 35.7. The minimum atomic E-state index is -2.27. The second kappa shape index (κ2) is 7.82. The third kappa shape index (κ3) is 3.61. The van der Waals surface area contributed by atoms with E-state index in [1.807, 2.05) is 48.5 Å². The number of hydrogen-bond donors (Lipinski definition) is 0. The molecule has 0 aliphatic rings. The summed E-state index contributed by atoms with van der Waals surface area (Å²) in [4.78, 5) is 11.9. The number of carbonyl (C=O) groups excluding carboxylic acids is 1. The molecule has 3 aromatic rings. The van der Waals surface area contributed by atoms with Gasteiger partial charge in [0, 0.05) is 0 Å². The molecule has 0 saturated carbocycles. The van der Waals surface area contributed by atoms with Crippen LogP contribution in [0.2, 0.25) is 0 Å². The van der Waals surface area contributed by atoms with Crippen molar-refractivity contribution >= 4 is 39.7 Å². The molecule has 0 spiro atoms. The highest BCUT2D eigenvalue weighted by molar-refractivity contribution is 8.14. The molecule has 0 saturated heterocycles. The van der Waals surface area contributed by atoms with Crippen molar-refractivity contribution in [3.05, 3.63) is 90.5 Å². The van der Waals surface area contributed by atoms with Crippen LogP contribution in [-0.2, 0) is 4.74 Å². The van der Waals surface area contributed by atoms with Crippen molar-refractivity contribution in [1.29, 1.82) is 0 Å². The number of ether oxygens (including phenoxy) is 1. The average Bonchev–Trinajstić information content (AvgIpc) is 2.69. The topological polar surface area (TPSA) is 26.3 Å². The first-order valence-corrected chi connectivity index (χ1v) is 10.8. The van der Waals surface area contributed by atoms with Crippen molar-refractivity contribution in [3.8, 4) is 0 Å². The van der Waals surface area contributed by atoms with Gasteiger partial charge in [-0.1, -0.05) is 36.4 Å². The van der Waals surface area contributed by atoms with Crippen molar-refractivity contribution in [1.82, 2.24) is 0 Å². The minimum absolute atomic E-state index is 0.313. The Kier molecular flexibility index (Phi) is 5.53. The average molecular weight is 370 g/mol. The molecule has 0 N–H and O–H groups in total. The van der Waals surface area contributed by atoms with Gasteiger partial charge in [0.05, 0.1) is 12.2 Å². The van der Waals surface area contributed by atoms with E-state index in [0.717, 1.165) is 15.9 Å². The SMILES string of the molecule is CCOC(=O)c1ccc([P+](Cl)(c2ccccc2)c2ccccc2)cc1. The third-order valence-corrected chi connectivity index (χ3v) is 8.74. The second-order valence-electron chi connectivity index (χ2n) is 5.53. The molecule has 0 aliphatic carbocycles. The molecule has 126 valence electrons. The molecule has 2 nitrogen and oxygen atoms in total. The highest BCUT2D eigenvalue weighted by Gasteiger charge is 2.44. The Morgan fingerprint density at radius 3 is 1.68 bits per heavy atom. The van der Waals surface area contributed by atoms with E-state index >= 15 is 0 Å². The van der Waals surface area contributed by atoms with Gasteiger partial charge in [0.2, 0.25) is 6.62 Å². The summed E-state index contributed by atoms with van der Waals surface area (Å²) >= 11 is 7.30. The number of carbonyl (C=O) groups is 1. The molecule has 25 heavy (non-hydrogen) atoms. The fourth-order valence-corrected chi connectivity index (χ4v) is 6.37. The Bertz CT molecular complexity index is 793. The van der Waals surface area contributed by atoms with Crippen molar-refractivity contribution in [2.24, 2.45) is 0 Å². The van der Waals surface area contributed by atoms with Crippen LogP contribution in [0.3, 0.4) is 0 Å². The fraction of sp³-hybridized carbons (Fsp3) is 0.0952. The van der Waals surface area contributed by atoms with E-state index in [1.54, 1.807) is 19.1 Å². The quantitative estimate of drug-likeness (QED) is 0.495. The highest BCUT2D eigenvalue weighted by Crippen LogP contribution is 2.60. The maximum absolute atomic E-state index is 11.9. The summed E-state index contributed by atoms with van der Waals surface area (Å²) in [7, 11) is 0. The molecule has 0 atom stereocenters. The van der Waals surface area contributed by atoms with E-state index in [-0.39, 0.29) is 5.97 Å². The van der Waals surface area contributed by atoms with Gasteiger partial charge in [-0.2, -0.15) is 0 Å². The van der Waals surface area contributed by atoms with Gasteiger partial charge in [-0.25, -0.2) is 4.79 Å². The number of benzene rings is 3. The Labute approximate surface area is 153 Å². The van der Waals surface area contributed by atoms with E-state index in [2.05, 4.69) is 24.3 Å². The lowest BCUT2D eigenvalue weighted by atomic mass is 10.2. The summed E-state index contributed by atoms with van der Waals surface area (Å²) in [5.41, 5.74) is 0.537. The molecule has 0 heterocycles. The van der Waals surface area contributed by atoms with Crippen LogP contribution in [0, 0.1) is 0 Å². The Morgan fingerprint density at radius 2 is 1.24 bits per heavy atom. The molecule has 0 amide bonds. The lowest BCUT2D eigenvalue weighted by Gasteiger charge is -2.19. The van der Waals surface area contributed by atoms with Crippen molar-refractivity contribution in [2.75, 3.05) is 6.61 Å². The van der Waals surface area contributed by atoms with E-state index in [0.29, 0.717) is 12.2 Å². The summed E-state index contributed by atoms with van der Waals surface area (Å²) in [5, 5.41) is 3.19. The molecule has 0 radical (unpaired) electrons. The van der Waals surface area contributed by atoms with Gasteiger partial charge in [-0.05, 0) is 55.5 Å². The van der Waals surface area contributed by atoms with Gasteiger partial charge in [0.1, 0.15) is 27.2 Å². The van der Waals surface area contributed by atoms with Crippen LogP contribution in [0.15, 0.2) is 84.9 Å². The molecule has 0 aromatic heterocycles. The Balaban J connectivity index is 2.09. The molecule has 4 heteroatoms. The van der Waals surface area contributed by atoms with Crippen molar-refractivity contribution in [2.45, 2.75) is 6.92 Å².